The van der Waals surface area contributed by atoms with E-state index < -0.39 is 25.0 Å². The second kappa shape index (κ2) is 4.34. The zero-order valence-corrected chi connectivity index (χ0v) is 7.54. The van der Waals surface area contributed by atoms with Gasteiger partial charge in [-0.2, -0.15) is 0 Å². The van der Waals surface area contributed by atoms with Crippen molar-refractivity contribution in [3.63, 3.8) is 0 Å². The summed E-state index contributed by atoms with van der Waals surface area (Å²) >= 11 is 0. The summed E-state index contributed by atoms with van der Waals surface area (Å²) in [4.78, 5) is 22.0. The number of halogens is 2. The van der Waals surface area contributed by atoms with E-state index in [9.17, 15) is 18.4 Å². The zero-order valence-electron chi connectivity index (χ0n) is 7.54. The molecule has 1 rings (SSSR count). The van der Waals surface area contributed by atoms with Crippen molar-refractivity contribution in [2.45, 2.75) is 18.8 Å². The van der Waals surface area contributed by atoms with Gasteiger partial charge in [0.15, 0.2) is 6.61 Å². The molecule has 1 aliphatic heterocycles. The molecule has 80 valence electrons. The van der Waals surface area contributed by atoms with Gasteiger partial charge in [-0.05, 0) is 6.42 Å². The number of piperidine rings is 1. The maximum absolute atomic E-state index is 12.8. The Morgan fingerprint density at radius 2 is 2.29 bits per heavy atom. The van der Waals surface area contributed by atoms with Crippen LogP contribution in [0.3, 0.4) is 0 Å². The first-order chi connectivity index (χ1) is 6.55. The van der Waals surface area contributed by atoms with Gasteiger partial charge < -0.3 is 9.64 Å². The van der Waals surface area contributed by atoms with Crippen LogP contribution < -0.4 is 0 Å². The average molecular weight is 207 g/mol. The van der Waals surface area contributed by atoms with E-state index >= 15 is 0 Å². The highest BCUT2D eigenvalue weighted by molar-refractivity contribution is 5.78. The highest BCUT2D eigenvalue weighted by Crippen LogP contribution is 2.26. The van der Waals surface area contributed by atoms with Gasteiger partial charge in [0.2, 0.25) is 0 Å². The average Bonchev–Trinajstić information content (AvgIpc) is 2.12. The van der Waals surface area contributed by atoms with Gasteiger partial charge in [0.05, 0.1) is 6.54 Å². The first-order valence-corrected chi connectivity index (χ1v) is 4.26. The Kier molecular flexibility index (Phi) is 3.38. The molecule has 0 bridgehead atoms. The van der Waals surface area contributed by atoms with Crippen molar-refractivity contribution in [2.75, 3.05) is 19.7 Å². The number of nitrogens with zero attached hydrogens (tertiary/aromatic N) is 1. The number of carbonyl (C=O) groups excluding carboxylic acids is 2. The van der Waals surface area contributed by atoms with Crippen molar-refractivity contribution in [1.82, 2.24) is 4.90 Å². The van der Waals surface area contributed by atoms with Crippen LogP contribution in [-0.2, 0) is 14.3 Å². The van der Waals surface area contributed by atoms with E-state index in [1.54, 1.807) is 0 Å². The number of hydrogen-bond acceptors (Lipinski definition) is 3. The normalized spacial score (nSPS) is 20.3. The molecule has 0 aliphatic carbocycles. The summed E-state index contributed by atoms with van der Waals surface area (Å²) in [5.41, 5.74) is 0. The Balaban J connectivity index is 2.43. The van der Waals surface area contributed by atoms with E-state index in [2.05, 4.69) is 4.74 Å². The fraction of sp³-hybridized carbons (Fsp3) is 0.750. The van der Waals surface area contributed by atoms with E-state index in [1.807, 2.05) is 0 Å². The first kappa shape index (κ1) is 10.9. The summed E-state index contributed by atoms with van der Waals surface area (Å²) in [5, 5.41) is 0. The predicted molar refractivity (Wildman–Crippen MR) is 42.8 cm³/mol. The van der Waals surface area contributed by atoms with Crippen LogP contribution in [0.25, 0.3) is 0 Å². The molecule has 0 N–H and O–H groups in total. The Morgan fingerprint density at radius 3 is 2.86 bits per heavy atom. The molecule has 1 saturated heterocycles. The highest BCUT2D eigenvalue weighted by atomic mass is 19.3. The van der Waals surface area contributed by atoms with Crippen LogP contribution in [0, 0.1) is 0 Å². The molecule has 0 unspecified atom stereocenters. The molecule has 0 aromatic carbocycles. The topological polar surface area (TPSA) is 46.6 Å². The molecule has 14 heavy (non-hydrogen) atoms. The minimum Gasteiger partial charge on any atom is -0.458 e. The van der Waals surface area contributed by atoms with Gasteiger partial charge in [0, 0.05) is 13.0 Å². The van der Waals surface area contributed by atoms with Gasteiger partial charge in [-0.1, -0.05) is 0 Å². The smallest absolute Gasteiger partial charge is 0.293 e. The first-order valence-electron chi connectivity index (χ1n) is 4.26. The van der Waals surface area contributed by atoms with Crippen molar-refractivity contribution in [1.29, 1.82) is 0 Å². The Morgan fingerprint density at radius 1 is 1.57 bits per heavy atom. The molecule has 0 saturated carbocycles. The number of alkyl halides is 2. The lowest BCUT2D eigenvalue weighted by atomic mass is 10.1. The Labute approximate surface area is 79.8 Å². The van der Waals surface area contributed by atoms with E-state index in [4.69, 9.17) is 0 Å². The highest BCUT2D eigenvalue weighted by Gasteiger charge is 2.36. The Bertz CT molecular complexity index is 233. The molecule has 4 nitrogen and oxygen atoms in total. The van der Waals surface area contributed by atoms with Gasteiger partial charge in [0.25, 0.3) is 18.3 Å². The second-order valence-corrected chi connectivity index (χ2v) is 3.18. The standard InChI is InChI=1S/C8H11F2NO3/c9-8(10)2-1-3-11(5-8)7(13)4-14-6-12/h6H,1-5H2. The van der Waals surface area contributed by atoms with E-state index in [1.165, 1.54) is 0 Å². The lowest BCUT2D eigenvalue weighted by molar-refractivity contribution is -0.150. The predicted octanol–water partition coefficient (Wildman–Crippen LogP) is 0.417. The molecule has 1 aliphatic rings. The van der Waals surface area contributed by atoms with Crippen LogP contribution in [0.15, 0.2) is 0 Å². The minimum absolute atomic E-state index is 0.125. The maximum Gasteiger partial charge on any atom is 0.293 e. The van der Waals surface area contributed by atoms with Crippen LogP contribution in [-0.4, -0.2) is 42.9 Å². The van der Waals surface area contributed by atoms with Crippen molar-refractivity contribution in [2.24, 2.45) is 0 Å². The summed E-state index contributed by atoms with van der Waals surface area (Å²) in [6, 6.07) is 0. The quantitative estimate of drug-likeness (QED) is 0.630. The zero-order chi connectivity index (χ0) is 10.6. The van der Waals surface area contributed by atoms with Crippen LogP contribution in [0.2, 0.25) is 0 Å². The second-order valence-electron chi connectivity index (χ2n) is 3.18. The summed E-state index contributed by atoms with van der Waals surface area (Å²) in [6.45, 7) is -0.607. The summed E-state index contributed by atoms with van der Waals surface area (Å²) in [7, 11) is 0. The molecule has 0 radical (unpaired) electrons. The minimum atomic E-state index is -2.81. The number of amides is 1. The molecular weight excluding hydrogens is 196 g/mol. The fourth-order valence-corrected chi connectivity index (χ4v) is 1.38. The number of rotatable bonds is 3. The summed E-state index contributed by atoms with van der Waals surface area (Å²) in [6.07, 6.45) is 0.0884. The third kappa shape index (κ3) is 2.93. The molecule has 0 spiro atoms. The van der Waals surface area contributed by atoms with E-state index in [0.29, 0.717) is 6.54 Å². The number of likely N-dealkylation sites (tertiary alicyclic amines) is 1. The van der Waals surface area contributed by atoms with Crippen LogP contribution >= 0.6 is 0 Å². The SMILES string of the molecule is O=COCC(=O)N1CCCC(F)(F)C1. The summed E-state index contributed by atoms with van der Waals surface area (Å²) < 4.78 is 29.9. The number of carbonyl (C=O) groups is 2. The summed E-state index contributed by atoms with van der Waals surface area (Å²) in [5.74, 6) is -3.38. The maximum atomic E-state index is 12.8. The van der Waals surface area contributed by atoms with Gasteiger partial charge in [0.1, 0.15) is 0 Å². The molecule has 0 atom stereocenters. The van der Waals surface area contributed by atoms with Crippen molar-refractivity contribution < 1.29 is 23.1 Å². The van der Waals surface area contributed by atoms with Crippen molar-refractivity contribution >= 4 is 12.4 Å². The molecule has 6 heteroatoms. The fourth-order valence-electron chi connectivity index (χ4n) is 1.38. The lowest BCUT2D eigenvalue weighted by Crippen LogP contribution is -2.46. The third-order valence-corrected chi connectivity index (χ3v) is 2.02. The van der Waals surface area contributed by atoms with E-state index in [-0.39, 0.29) is 19.3 Å². The van der Waals surface area contributed by atoms with Gasteiger partial charge in [-0.25, -0.2) is 8.78 Å². The van der Waals surface area contributed by atoms with E-state index in [0.717, 1.165) is 4.90 Å². The molecule has 1 fully saturated rings. The molecule has 1 amide bonds. The Hall–Kier alpha value is -1.20. The lowest BCUT2D eigenvalue weighted by Gasteiger charge is -2.32. The largest absolute Gasteiger partial charge is 0.458 e. The van der Waals surface area contributed by atoms with Crippen molar-refractivity contribution in [3.8, 4) is 0 Å². The monoisotopic (exact) mass is 207 g/mol. The van der Waals surface area contributed by atoms with Crippen LogP contribution in [0.5, 0.6) is 0 Å². The third-order valence-electron chi connectivity index (χ3n) is 2.02. The molecule has 0 aromatic heterocycles. The molecule has 1 heterocycles. The molecular formula is C8H11F2NO3. The van der Waals surface area contributed by atoms with Crippen molar-refractivity contribution in [3.05, 3.63) is 0 Å². The van der Waals surface area contributed by atoms with Gasteiger partial charge in [-0.3, -0.25) is 9.59 Å². The van der Waals surface area contributed by atoms with Gasteiger partial charge in [-0.15, -0.1) is 0 Å². The van der Waals surface area contributed by atoms with Crippen LogP contribution in [0.1, 0.15) is 12.8 Å². The molecule has 0 aromatic rings. The number of hydrogen-bond donors (Lipinski definition) is 0. The van der Waals surface area contributed by atoms with Gasteiger partial charge >= 0.3 is 0 Å². The van der Waals surface area contributed by atoms with Crippen LogP contribution in [0.4, 0.5) is 8.78 Å². The number of ether oxygens (including phenoxy) is 1.